The van der Waals surface area contributed by atoms with Gasteiger partial charge in [0, 0.05) is 28.0 Å². The summed E-state index contributed by atoms with van der Waals surface area (Å²) in [6, 6.07) is 16.6. The number of rotatable bonds is 3. The Morgan fingerprint density at radius 3 is 2.72 bits per heavy atom. The number of carbonyl (C=O) groups excluding carboxylic acids is 1. The van der Waals surface area contributed by atoms with E-state index >= 15 is 0 Å². The van der Waals surface area contributed by atoms with Crippen LogP contribution in [-0.4, -0.2) is 33.6 Å². The minimum atomic E-state index is -0.189. The standard InChI is InChI=1S/C23H21N3O2S/c1-14-20(24-13-28-14)23(27)26-12-11-18-17-5-3-4-6-19(17)25-21(18)22(26)15-7-9-16(29-2)10-8-15/h3-10,13,22,25H,11-12H2,1-2H3/t22-/m1/s1. The lowest BCUT2D eigenvalue weighted by atomic mass is 9.92. The third-order valence-corrected chi connectivity index (χ3v) is 6.42. The molecule has 2 aromatic carbocycles. The number of benzene rings is 2. The van der Waals surface area contributed by atoms with Gasteiger partial charge in [0.1, 0.15) is 5.76 Å². The minimum absolute atomic E-state index is 0.0977. The highest BCUT2D eigenvalue weighted by Crippen LogP contribution is 2.39. The fourth-order valence-corrected chi connectivity index (χ4v) is 4.65. The van der Waals surface area contributed by atoms with Crippen molar-refractivity contribution in [1.82, 2.24) is 14.9 Å². The van der Waals surface area contributed by atoms with Gasteiger partial charge in [-0.1, -0.05) is 30.3 Å². The Bertz CT molecular complexity index is 1190. The van der Waals surface area contributed by atoms with Crippen LogP contribution in [0.3, 0.4) is 0 Å². The van der Waals surface area contributed by atoms with Crippen molar-refractivity contribution in [3.63, 3.8) is 0 Å². The van der Waals surface area contributed by atoms with Crippen LogP contribution in [0.5, 0.6) is 0 Å². The molecule has 6 heteroatoms. The number of amides is 1. The number of nitrogens with one attached hydrogen (secondary N) is 1. The van der Waals surface area contributed by atoms with E-state index in [1.165, 1.54) is 22.2 Å². The molecule has 146 valence electrons. The van der Waals surface area contributed by atoms with Crippen molar-refractivity contribution in [2.45, 2.75) is 24.3 Å². The fourth-order valence-electron chi connectivity index (χ4n) is 4.24. The normalized spacial score (nSPS) is 16.2. The Morgan fingerprint density at radius 1 is 1.21 bits per heavy atom. The second-order valence-electron chi connectivity index (χ2n) is 7.24. The zero-order chi connectivity index (χ0) is 20.0. The molecule has 0 saturated carbocycles. The molecule has 5 nitrogen and oxygen atoms in total. The topological polar surface area (TPSA) is 62.1 Å². The molecule has 1 atom stereocenters. The van der Waals surface area contributed by atoms with Gasteiger partial charge in [0.05, 0.1) is 6.04 Å². The predicted molar refractivity (Wildman–Crippen MR) is 114 cm³/mol. The number of hydrogen-bond acceptors (Lipinski definition) is 4. The number of para-hydroxylation sites is 1. The highest BCUT2D eigenvalue weighted by atomic mass is 32.2. The lowest BCUT2D eigenvalue weighted by Crippen LogP contribution is -2.41. The van der Waals surface area contributed by atoms with Crippen molar-refractivity contribution in [2.24, 2.45) is 0 Å². The van der Waals surface area contributed by atoms with E-state index in [9.17, 15) is 4.79 Å². The van der Waals surface area contributed by atoms with Crippen LogP contribution in [0.15, 0.2) is 64.2 Å². The van der Waals surface area contributed by atoms with Crippen molar-refractivity contribution < 1.29 is 9.21 Å². The van der Waals surface area contributed by atoms with Crippen LogP contribution in [0, 0.1) is 6.92 Å². The first-order chi connectivity index (χ1) is 14.2. The van der Waals surface area contributed by atoms with Crippen molar-refractivity contribution >= 4 is 28.6 Å². The van der Waals surface area contributed by atoms with E-state index in [0.29, 0.717) is 18.0 Å². The lowest BCUT2D eigenvalue weighted by molar-refractivity contribution is 0.0685. The first-order valence-corrected chi connectivity index (χ1v) is 10.8. The summed E-state index contributed by atoms with van der Waals surface area (Å²) >= 11 is 1.71. The predicted octanol–water partition coefficient (Wildman–Crippen LogP) is 4.97. The number of fused-ring (bicyclic) bond motifs is 3. The summed E-state index contributed by atoms with van der Waals surface area (Å²) in [5.74, 6) is 0.452. The zero-order valence-corrected chi connectivity index (χ0v) is 17.1. The molecule has 2 aromatic heterocycles. The summed E-state index contributed by atoms with van der Waals surface area (Å²) in [5, 5.41) is 1.23. The summed E-state index contributed by atoms with van der Waals surface area (Å²) < 4.78 is 5.30. The van der Waals surface area contributed by atoms with Gasteiger partial charge in [-0.2, -0.15) is 0 Å². The smallest absolute Gasteiger partial charge is 0.276 e. The number of thioether (sulfide) groups is 1. The molecule has 3 heterocycles. The first-order valence-electron chi connectivity index (χ1n) is 9.62. The highest BCUT2D eigenvalue weighted by Gasteiger charge is 2.36. The molecule has 0 bridgehead atoms. The van der Waals surface area contributed by atoms with Crippen LogP contribution in [0.2, 0.25) is 0 Å². The maximum Gasteiger partial charge on any atom is 0.276 e. The van der Waals surface area contributed by atoms with Gasteiger partial charge in [0.25, 0.3) is 5.91 Å². The molecule has 29 heavy (non-hydrogen) atoms. The summed E-state index contributed by atoms with van der Waals surface area (Å²) in [6.45, 7) is 2.41. The summed E-state index contributed by atoms with van der Waals surface area (Å²) in [7, 11) is 0. The first kappa shape index (κ1) is 18.1. The fraction of sp³-hybridized carbons (Fsp3) is 0.217. The molecule has 4 aromatic rings. The second-order valence-corrected chi connectivity index (χ2v) is 8.12. The van der Waals surface area contributed by atoms with Crippen LogP contribution in [0.4, 0.5) is 0 Å². The quantitative estimate of drug-likeness (QED) is 0.491. The number of aryl methyl sites for hydroxylation is 1. The Balaban J connectivity index is 1.66. The number of nitrogens with zero attached hydrogens (tertiary/aromatic N) is 2. The van der Waals surface area contributed by atoms with Gasteiger partial charge >= 0.3 is 0 Å². The molecule has 0 radical (unpaired) electrons. The maximum absolute atomic E-state index is 13.4. The average Bonchev–Trinajstić information content (AvgIpc) is 3.36. The molecule has 1 N–H and O–H groups in total. The van der Waals surface area contributed by atoms with Gasteiger partial charge in [-0.15, -0.1) is 11.8 Å². The molecule has 1 amide bonds. The van der Waals surface area contributed by atoms with Gasteiger partial charge in [-0.3, -0.25) is 4.79 Å². The SMILES string of the molecule is CSc1ccc([C@@H]2c3[nH]c4ccccc4c3CCN2C(=O)c2ncoc2C)cc1. The van der Waals surface area contributed by atoms with Crippen molar-refractivity contribution in [3.8, 4) is 0 Å². The number of aromatic amines is 1. The molecule has 1 aliphatic rings. The molecule has 0 unspecified atom stereocenters. The molecule has 1 aliphatic heterocycles. The number of aromatic nitrogens is 2. The van der Waals surface area contributed by atoms with Crippen molar-refractivity contribution in [2.75, 3.05) is 12.8 Å². The Morgan fingerprint density at radius 2 is 2.00 bits per heavy atom. The van der Waals surface area contributed by atoms with Gasteiger partial charge in [-0.25, -0.2) is 4.98 Å². The third-order valence-electron chi connectivity index (χ3n) is 5.67. The minimum Gasteiger partial charge on any atom is -0.448 e. The van der Waals surface area contributed by atoms with Crippen molar-refractivity contribution in [1.29, 1.82) is 0 Å². The molecule has 0 saturated heterocycles. The van der Waals surface area contributed by atoms with E-state index in [1.807, 2.05) is 11.0 Å². The molecule has 5 rings (SSSR count). The van der Waals surface area contributed by atoms with E-state index < -0.39 is 0 Å². The number of H-pyrrole nitrogens is 1. The monoisotopic (exact) mass is 403 g/mol. The number of carbonyl (C=O) groups is 1. The Kier molecular flexibility index (Phi) is 4.43. The van der Waals surface area contributed by atoms with Crippen LogP contribution in [0.1, 0.15) is 39.1 Å². The molecular formula is C23H21N3O2S. The van der Waals surface area contributed by atoms with Crippen LogP contribution in [0.25, 0.3) is 10.9 Å². The second kappa shape index (κ2) is 7.12. The van der Waals surface area contributed by atoms with Crippen LogP contribution >= 0.6 is 11.8 Å². The largest absolute Gasteiger partial charge is 0.448 e. The Labute approximate surface area is 173 Å². The third kappa shape index (κ3) is 2.95. The molecule has 0 spiro atoms. The van der Waals surface area contributed by atoms with E-state index in [-0.39, 0.29) is 11.9 Å². The van der Waals surface area contributed by atoms with E-state index in [1.54, 1.807) is 18.7 Å². The average molecular weight is 404 g/mol. The zero-order valence-electron chi connectivity index (χ0n) is 16.3. The molecule has 0 fully saturated rings. The summed E-state index contributed by atoms with van der Waals surface area (Å²) in [4.78, 5) is 24.3. The number of oxazole rings is 1. The van der Waals surface area contributed by atoms with E-state index in [4.69, 9.17) is 4.42 Å². The van der Waals surface area contributed by atoms with Crippen LogP contribution in [-0.2, 0) is 6.42 Å². The van der Waals surface area contributed by atoms with Crippen LogP contribution < -0.4 is 0 Å². The van der Waals surface area contributed by atoms with Gasteiger partial charge in [-0.05, 0) is 48.9 Å². The van der Waals surface area contributed by atoms with Gasteiger partial charge in [0.15, 0.2) is 12.1 Å². The van der Waals surface area contributed by atoms with E-state index in [0.717, 1.165) is 23.2 Å². The Hall–Kier alpha value is -2.99. The highest BCUT2D eigenvalue weighted by molar-refractivity contribution is 7.98. The molecule has 0 aliphatic carbocycles. The van der Waals surface area contributed by atoms with Crippen molar-refractivity contribution in [3.05, 3.63) is 83.2 Å². The van der Waals surface area contributed by atoms with E-state index in [2.05, 4.69) is 58.7 Å². The maximum atomic E-state index is 13.4. The van der Waals surface area contributed by atoms with Gasteiger partial charge in [0.2, 0.25) is 0 Å². The van der Waals surface area contributed by atoms with Gasteiger partial charge < -0.3 is 14.3 Å². The lowest BCUT2D eigenvalue weighted by Gasteiger charge is -2.36. The summed E-state index contributed by atoms with van der Waals surface area (Å²) in [6.07, 6.45) is 4.21. The summed E-state index contributed by atoms with van der Waals surface area (Å²) in [5.41, 5.74) is 4.96. The number of hydrogen-bond donors (Lipinski definition) is 1. The molecular weight excluding hydrogens is 382 g/mol.